The van der Waals surface area contributed by atoms with E-state index in [-0.39, 0.29) is 45.0 Å². The molecule has 0 saturated carbocycles. The van der Waals surface area contributed by atoms with Crippen molar-refractivity contribution >= 4 is 23.9 Å². The van der Waals surface area contributed by atoms with Crippen LogP contribution in [0.4, 0.5) is 4.79 Å². The van der Waals surface area contributed by atoms with E-state index in [0.717, 1.165) is 5.56 Å². The van der Waals surface area contributed by atoms with Crippen LogP contribution in [0.5, 0.6) is 0 Å². The highest BCUT2D eigenvalue weighted by Gasteiger charge is 2.34. The van der Waals surface area contributed by atoms with Crippen LogP contribution in [0, 0.1) is 5.92 Å². The summed E-state index contributed by atoms with van der Waals surface area (Å²) >= 11 is 0. The van der Waals surface area contributed by atoms with Gasteiger partial charge in [0.05, 0.1) is 25.2 Å². The van der Waals surface area contributed by atoms with Gasteiger partial charge in [0.15, 0.2) is 0 Å². The number of carbonyl (C=O) groups is 4. The highest BCUT2D eigenvalue weighted by atomic mass is 16.6. The normalized spacial score (nSPS) is 22.0. The minimum absolute atomic E-state index is 0.00605. The minimum Gasteiger partial charge on any atom is -0.454 e. The summed E-state index contributed by atoms with van der Waals surface area (Å²) in [6.07, 6.45) is 1.74. The van der Waals surface area contributed by atoms with E-state index in [0.29, 0.717) is 5.56 Å². The number of amides is 3. The number of allylic oxidation sites excluding steroid dienone is 1. The van der Waals surface area contributed by atoms with Gasteiger partial charge in [-0.3, -0.25) is 9.59 Å². The number of cyclic esters (lactones) is 1. The number of methoxy groups -OCH3 is 1. The molecule has 1 heterocycles. The van der Waals surface area contributed by atoms with Gasteiger partial charge in [-0.2, -0.15) is 0 Å². The van der Waals surface area contributed by atoms with Crippen LogP contribution < -0.4 is 16.0 Å². The fraction of sp³-hybridized carbons (Fsp3) is 0.419. The zero-order valence-corrected chi connectivity index (χ0v) is 23.9. The molecule has 4 N–H and O–H groups in total. The van der Waals surface area contributed by atoms with E-state index in [9.17, 15) is 24.3 Å². The van der Waals surface area contributed by atoms with Crippen LogP contribution in [-0.4, -0.2) is 67.4 Å². The molecular formula is C31H39N3O8. The number of hydrogen-bond donors (Lipinski definition) is 4. The monoisotopic (exact) mass is 581 g/mol. The van der Waals surface area contributed by atoms with Crippen molar-refractivity contribution in [3.05, 3.63) is 83.9 Å². The van der Waals surface area contributed by atoms with Crippen molar-refractivity contribution in [1.82, 2.24) is 16.0 Å². The molecule has 5 atom stereocenters. The number of aliphatic hydroxyl groups is 1. The number of aliphatic hydroxyl groups excluding tert-OH is 1. The Morgan fingerprint density at radius 3 is 2.38 bits per heavy atom. The number of carbonyl (C=O) groups excluding carboxylic acids is 4. The van der Waals surface area contributed by atoms with Crippen molar-refractivity contribution in [2.24, 2.45) is 5.92 Å². The third-order valence-corrected chi connectivity index (χ3v) is 6.64. The van der Waals surface area contributed by atoms with Crippen molar-refractivity contribution < 1.29 is 38.5 Å². The predicted molar refractivity (Wildman–Crippen MR) is 154 cm³/mol. The van der Waals surface area contributed by atoms with Gasteiger partial charge in [0.2, 0.25) is 11.8 Å². The van der Waals surface area contributed by atoms with Gasteiger partial charge >= 0.3 is 12.1 Å². The lowest BCUT2D eigenvalue weighted by atomic mass is 9.96. The molecule has 0 bridgehead atoms. The van der Waals surface area contributed by atoms with E-state index in [4.69, 9.17) is 14.2 Å². The Morgan fingerprint density at radius 1 is 1.05 bits per heavy atom. The lowest BCUT2D eigenvalue weighted by Crippen LogP contribution is -2.49. The highest BCUT2D eigenvalue weighted by Crippen LogP contribution is 2.25. The van der Waals surface area contributed by atoms with Gasteiger partial charge < -0.3 is 35.3 Å². The Labute approximate surface area is 245 Å². The SMILES string of the molecule is COCC1NC(=O)C(CC(=O)NC(C)CO)CC=CCC(NC(=O)OCc2ccccc2)C(=O)OC1c1ccccc1. The van der Waals surface area contributed by atoms with Crippen LogP contribution in [0.25, 0.3) is 0 Å². The molecule has 2 aromatic rings. The summed E-state index contributed by atoms with van der Waals surface area (Å²) < 4.78 is 16.6. The van der Waals surface area contributed by atoms with Crippen molar-refractivity contribution in [2.75, 3.05) is 20.3 Å². The van der Waals surface area contributed by atoms with Crippen LogP contribution in [0.1, 0.15) is 43.4 Å². The van der Waals surface area contributed by atoms with E-state index in [1.54, 1.807) is 43.3 Å². The number of nitrogens with one attached hydrogen (secondary N) is 3. The summed E-state index contributed by atoms with van der Waals surface area (Å²) in [5.41, 5.74) is 1.40. The zero-order chi connectivity index (χ0) is 30.3. The smallest absolute Gasteiger partial charge is 0.408 e. The molecule has 2 aromatic carbocycles. The number of rotatable bonds is 10. The molecular weight excluding hydrogens is 542 g/mol. The maximum absolute atomic E-state index is 13.4. The van der Waals surface area contributed by atoms with E-state index in [1.165, 1.54) is 7.11 Å². The quantitative estimate of drug-likeness (QED) is 0.247. The molecule has 11 heteroatoms. The zero-order valence-electron chi connectivity index (χ0n) is 23.9. The van der Waals surface area contributed by atoms with Crippen LogP contribution in [0.3, 0.4) is 0 Å². The van der Waals surface area contributed by atoms with Crippen molar-refractivity contribution in [1.29, 1.82) is 0 Å². The lowest BCUT2D eigenvalue weighted by molar-refractivity contribution is -0.155. The first-order valence-electron chi connectivity index (χ1n) is 13.9. The van der Waals surface area contributed by atoms with Gasteiger partial charge in [-0.15, -0.1) is 0 Å². The molecule has 0 aliphatic carbocycles. The van der Waals surface area contributed by atoms with Gasteiger partial charge in [-0.25, -0.2) is 9.59 Å². The van der Waals surface area contributed by atoms with Gasteiger partial charge in [0, 0.05) is 19.6 Å². The summed E-state index contributed by atoms with van der Waals surface area (Å²) in [6, 6.07) is 15.7. The third-order valence-electron chi connectivity index (χ3n) is 6.64. The Balaban J connectivity index is 1.86. The molecule has 0 saturated heterocycles. The van der Waals surface area contributed by atoms with Gasteiger partial charge in [-0.1, -0.05) is 72.8 Å². The molecule has 3 amide bonds. The van der Waals surface area contributed by atoms with E-state index in [2.05, 4.69) is 16.0 Å². The molecule has 42 heavy (non-hydrogen) atoms. The molecule has 0 radical (unpaired) electrons. The highest BCUT2D eigenvalue weighted by molar-refractivity contribution is 5.86. The fourth-order valence-corrected chi connectivity index (χ4v) is 4.42. The number of ether oxygens (including phenoxy) is 3. The Bertz CT molecular complexity index is 1190. The first-order valence-corrected chi connectivity index (χ1v) is 13.9. The molecule has 0 fully saturated rings. The fourth-order valence-electron chi connectivity index (χ4n) is 4.42. The minimum atomic E-state index is -1.08. The van der Waals surface area contributed by atoms with E-state index in [1.807, 2.05) is 36.4 Å². The van der Waals surface area contributed by atoms with Gasteiger partial charge in [-0.05, 0) is 30.9 Å². The van der Waals surface area contributed by atoms with Crippen LogP contribution in [-0.2, 0) is 35.2 Å². The molecule has 5 unspecified atom stereocenters. The second-order valence-corrected chi connectivity index (χ2v) is 10.1. The summed E-state index contributed by atoms with van der Waals surface area (Å²) in [5, 5.41) is 17.4. The number of hydrogen-bond acceptors (Lipinski definition) is 8. The maximum Gasteiger partial charge on any atom is 0.408 e. The van der Waals surface area contributed by atoms with Gasteiger partial charge in [0.1, 0.15) is 18.8 Å². The van der Waals surface area contributed by atoms with Crippen molar-refractivity contribution in [3.8, 4) is 0 Å². The molecule has 1 aliphatic heterocycles. The molecule has 3 rings (SSSR count). The second-order valence-electron chi connectivity index (χ2n) is 10.1. The third kappa shape index (κ3) is 10.3. The lowest BCUT2D eigenvalue weighted by Gasteiger charge is -2.31. The summed E-state index contributed by atoms with van der Waals surface area (Å²) in [7, 11) is 1.46. The largest absolute Gasteiger partial charge is 0.454 e. The Morgan fingerprint density at radius 2 is 1.71 bits per heavy atom. The Kier molecular flexibility index (Phi) is 13.0. The topological polar surface area (TPSA) is 152 Å². The predicted octanol–water partition coefficient (Wildman–Crippen LogP) is 2.55. The molecule has 11 nitrogen and oxygen atoms in total. The first kappa shape index (κ1) is 32.3. The number of alkyl carbamates (subject to hydrolysis) is 1. The Hall–Kier alpha value is -4.22. The summed E-state index contributed by atoms with van der Waals surface area (Å²) in [4.78, 5) is 52.1. The van der Waals surface area contributed by atoms with E-state index < -0.39 is 48.1 Å². The summed E-state index contributed by atoms with van der Waals surface area (Å²) in [5.74, 6) is -2.26. The van der Waals surface area contributed by atoms with Crippen LogP contribution in [0.2, 0.25) is 0 Å². The van der Waals surface area contributed by atoms with Crippen LogP contribution in [0.15, 0.2) is 72.8 Å². The second kappa shape index (κ2) is 16.9. The molecule has 0 aromatic heterocycles. The van der Waals surface area contributed by atoms with Crippen molar-refractivity contribution in [3.63, 3.8) is 0 Å². The van der Waals surface area contributed by atoms with Crippen molar-refractivity contribution in [2.45, 2.75) is 57.0 Å². The summed E-state index contributed by atoms with van der Waals surface area (Å²) in [6.45, 7) is 1.46. The average molecular weight is 582 g/mol. The molecule has 1 aliphatic rings. The molecule has 0 spiro atoms. The van der Waals surface area contributed by atoms with E-state index >= 15 is 0 Å². The van der Waals surface area contributed by atoms with Crippen LogP contribution >= 0.6 is 0 Å². The standard InChI is InChI=1S/C31H39N3O8/c1-21(18-35)32-27(36)17-24-15-9-10-16-25(34-31(39)41-19-22-11-5-3-6-12-22)30(38)42-28(23-13-7-4-8-14-23)26(20-40-2)33-29(24)37/h3-14,21,24-26,28,35H,15-20H2,1-2H3,(H,32,36)(H,33,37)(H,34,39). The maximum atomic E-state index is 13.4. The molecule has 226 valence electrons. The number of benzene rings is 2. The van der Waals surface area contributed by atoms with Gasteiger partial charge in [0.25, 0.3) is 0 Å². The first-order chi connectivity index (χ1) is 20.3. The number of esters is 1. The average Bonchev–Trinajstić information content (AvgIpc) is 2.99.